The van der Waals surface area contributed by atoms with Gasteiger partial charge in [-0.25, -0.2) is 4.99 Å². The van der Waals surface area contributed by atoms with Gasteiger partial charge in [0.25, 0.3) is 5.91 Å². The minimum Gasteiger partial charge on any atom is -0.508 e. The predicted octanol–water partition coefficient (Wildman–Crippen LogP) is 3.94. The normalized spacial score (nSPS) is 18.0. The number of aliphatic imine (C=N–C) groups is 1. The lowest BCUT2D eigenvalue weighted by molar-refractivity contribution is -0.115. The number of nitrogens with one attached hydrogen (secondary N) is 1. The number of rotatable bonds is 2. The van der Waals surface area contributed by atoms with E-state index < -0.39 is 0 Å². The highest BCUT2D eigenvalue weighted by Gasteiger charge is 2.23. The first kappa shape index (κ1) is 14.7. The van der Waals surface area contributed by atoms with E-state index in [4.69, 9.17) is 11.6 Å². The number of hydrogen-bond acceptors (Lipinski definition) is 4. The predicted molar refractivity (Wildman–Crippen MR) is 90.4 cm³/mol. The van der Waals surface area contributed by atoms with Gasteiger partial charge in [-0.05, 0) is 59.8 Å². The molecule has 0 aliphatic carbocycles. The van der Waals surface area contributed by atoms with Crippen LogP contribution < -0.4 is 5.32 Å². The largest absolute Gasteiger partial charge is 0.508 e. The van der Waals surface area contributed by atoms with Crippen LogP contribution in [0.25, 0.3) is 6.08 Å². The molecule has 1 aliphatic heterocycles. The number of phenolic OH excluding ortho intramolecular Hbond substituents is 1. The zero-order valence-corrected chi connectivity index (χ0v) is 12.9. The molecule has 6 heteroatoms. The van der Waals surface area contributed by atoms with Gasteiger partial charge in [-0.1, -0.05) is 23.7 Å². The van der Waals surface area contributed by atoms with E-state index >= 15 is 0 Å². The molecule has 0 unspecified atom stereocenters. The van der Waals surface area contributed by atoms with Crippen LogP contribution in [0.4, 0.5) is 5.69 Å². The third-order valence-electron chi connectivity index (χ3n) is 2.88. The van der Waals surface area contributed by atoms with Gasteiger partial charge in [0.1, 0.15) is 5.75 Å². The van der Waals surface area contributed by atoms with Crippen molar-refractivity contribution in [3.8, 4) is 5.75 Å². The second-order valence-electron chi connectivity index (χ2n) is 4.55. The van der Waals surface area contributed by atoms with Crippen molar-refractivity contribution in [1.82, 2.24) is 5.32 Å². The summed E-state index contributed by atoms with van der Waals surface area (Å²) in [5.41, 5.74) is 1.47. The first-order valence-corrected chi connectivity index (χ1v) is 7.64. The maximum atomic E-state index is 12.0. The van der Waals surface area contributed by atoms with Crippen LogP contribution in [0.2, 0.25) is 5.02 Å². The Morgan fingerprint density at radius 2 is 1.95 bits per heavy atom. The number of benzene rings is 2. The van der Waals surface area contributed by atoms with Gasteiger partial charge in [0, 0.05) is 5.02 Å². The minimum absolute atomic E-state index is 0.160. The van der Waals surface area contributed by atoms with Gasteiger partial charge < -0.3 is 10.4 Å². The van der Waals surface area contributed by atoms with E-state index in [1.54, 1.807) is 48.5 Å². The maximum absolute atomic E-state index is 12.0. The molecule has 2 aromatic carbocycles. The van der Waals surface area contributed by atoms with Crippen LogP contribution in [-0.4, -0.2) is 16.2 Å². The van der Waals surface area contributed by atoms with Crippen molar-refractivity contribution in [2.45, 2.75) is 0 Å². The smallest absolute Gasteiger partial charge is 0.264 e. The Kier molecular flexibility index (Phi) is 4.18. The molecule has 0 aromatic heterocycles. The number of amides is 1. The summed E-state index contributed by atoms with van der Waals surface area (Å²) in [6.07, 6.45) is 1.71. The third-order valence-corrected chi connectivity index (χ3v) is 4.04. The van der Waals surface area contributed by atoms with Gasteiger partial charge in [0.2, 0.25) is 0 Å². The highest BCUT2D eigenvalue weighted by molar-refractivity contribution is 8.18. The number of aromatic hydroxyl groups is 1. The molecule has 0 saturated carbocycles. The molecule has 2 aromatic rings. The molecule has 0 atom stereocenters. The SMILES string of the molecule is O=C1NC(=Nc2ccc(Cl)cc2)S/C1=C\c1cccc(O)c1. The van der Waals surface area contributed by atoms with E-state index in [1.807, 2.05) is 6.07 Å². The monoisotopic (exact) mass is 330 g/mol. The van der Waals surface area contributed by atoms with E-state index in [-0.39, 0.29) is 11.7 Å². The Morgan fingerprint density at radius 3 is 2.68 bits per heavy atom. The third kappa shape index (κ3) is 3.50. The number of nitrogens with zero attached hydrogens (tertiary/aromatic N) is 1. The van der Waals surface area contributed by atoms with Crippen LogP contribution in [0.1, 0.15) is 5.56 Å². The molecule has 110 valence electrons. The van der Waals surface area contributed by atoms with Crippen LogP contribution in [0.15, 0.2) is 58.4 Å². The number of hydrogen-bond donors (Lipinski definition) is 2. The minimum atomic E-state index is -0.207. The van der Waals surface area contributed by atoms with E-state index in [0.717, 1.165) is 5.56 Å². The van der Waals surface area contributed by atoms with Gasteiger partial charge in [-0.3, -0.25) is 4.79 Å². The molecule has 0 bridgehead atoms. The summed E-state index contributed by atoms with van der Waals surface area (Å²) in [7, 11) is 0. The molecular weight excluding hydrogens is 320 g/mol. The number of thioether (sulfide) groups is 1. The summed E-state index contributed by atoms with van der Waals surface area (Å²) in [6.45, 7) is 0. The molecule has 1 heterocycles. The Morgan fingerprint density at radius 1 is 1.18 bits per heavy atom. The zero-order chi connectivity index (χ0) is 15.5. The fraction of sp³-hybridized carbons (Fsp3) is 0. The summed E-state index contributed by atoms with van der Waals surface area (Å²) < 4.78 is 0. The number of halogens is 1. The molecule has 2 N–H and O–H groups in total. The summed E-state index contributed by atoms with van der Waals surface area (Å²) in [5, 5.41) is 13.3. The topological polar surface area (TPSA) is 61.7 Å². The molecule has 1 saturated heterocycles. The van der Waals surface area contributed by atoms with Crippen molar-refractivity contribution in [3.05, 3.63) is 64.0 Å². The van der Waals surface area contributed by atoms with Crippen LogP contribution in [0.5, 0.6) is 5.75 Å². The van der Waals surface area contributed by atoms with E-state index in [9.17, 15) is 9.90 Å². The van der Waals surface area contributed by atoms with Crippen molar-refractivity contribution < 1.29 is 9.90 Å². The van der Waals surface area contributed by atoms with Gasteiger partial charge in [-0.15, -0.1) is 0 Å². The molecule has 0 spiro atoms. The number of carbonyl (C=O) groups excluding carboxylic acids is 1. The molecule has 1 amide bonds. The van der Waals surface area contributed by atoms with Gasteiger partial charge in [0.05, 0.1) is 10.6 Å². The number of phenols is 1. The summed E-state index contributed by atoms with van der Waals surface area (Å²) in [6, 6.07) is 13.7. The standard InChI is InChI=1S/C16H11ClN2O2S/c17-11-4-6-12(7-5-11)18-16-19-15(21)14(22-16)9-10-2-1-3-13(20)8-10/h1-9,20H,(H,18,19,21)/b14-9-. The Balaban J connectivity index is 1.82. The molecule has 3 rings (SSSR count). The first-order valence-electron chi connectivity index (χ1n) is 6.44. The van der Waals surface area contributed by atoms with Crippen molar-refractivity contribution in [1.29, 1.82) is 0 Å². The van der Waals surface area contributed by atoms with Crippen LogP contribution in [0, 0.1) is 0 Å². The fourth-order valence-corrected chi connectivity index (χ4v) is 2.85. The fourth-order valence-electron chi connectivity index (χ4n) is 1.88. The quantitative estimate of drug-likeness (QED) is 0.820. The van der Waals surface area contributed by atoms with Crippen molar-refractivity contribution >= 4 is 46.2 Å². The van der Waals surface area contributed by atoms with Gasteiger partial charge in [0.15, 0.2) is 5.17 Å². The lowest BCUT2D eigenvalue weighted by Crippen LogP contribution is -2.19. The Bertz CT molecular complexity index is 785. The Hall–Kier alpha value is -2.24. The second kappa shape index (κ2) is 6.25. The Labute approximate surface area is 136 Å². The number of amidine groups is 1. The summed E-state index contributed by atoms with van der Waals surface area (Å²) in [5.74, 6) is -0.0473. The second-order valence-corrected chi connectivity index (χ2v) is 6.02. The zero-order valence-electron chi connectivity index (χ0n) is 11.3. The maximum Gasteiger partial charge on any atom is 0.264 e. The molecular formula is C16H11ClN2O2S. The molecule has 22 heavy (non-hydrogen) atoms. The van der Waals surface area contributed by atoms with Crippen molar-refractivity contribution in [2.24, 2.45) is 4.99 Å². The van der Waals surface area contributed by atoms with Crippen LogP contribution >= 0.6 is 23.4 Å². The van der Waals surface area contributed by atoms with Gasteiger partial charge >= 0.3 is 0 Å². The van der Waals surface area contributed by atoms with E-state index in [0.29, 0.717) is 20.8 Å². The molecule has 1 fully saturated rings. The van der Waals surface area contributed by atoms with Gasteiger partial charge in [-0.2, -0.15) is 0 Å². The summed E-state index contributed by atoms with van der Waals surface area (Å²) >= 11 is 7.08. The van der Waals surface area contributed by atoms with E-state index in [1.165, 1.54) is 11.8 Å². The first-order chi connectivity index (χ1) is 10.6. The van der Waals surface area contributed by atoms with Crippen molar-refractivity contribution in [3.63, 3.8) is 0 Å². The summed E-state index contributed by atoms with van der Waals surface area (Å²) in [4.78, 5) is 16.8. The number of carbonyl (C=O) groups is 1. The molecule has 0 radical (unpaired) electrons. The average molecular weight is 331 g/mol. The van der Waals surface area contributed by atoms with Crippen LogP contribution in [-0.2, 0) is 4.79 Å². The van der Waals surface area contributed by atoms with Crippen molar-refractivity contribution in [2.75, 3.05) is 0 Å². The molecule has 1 aliphatic rings. The van der Waals surface area contributed by atoms with E-state index in [2.05, 4.69) is 10.3 Å². The lowest BCUT2D eigenvalue weighted by Gasteiger charge is -1.96. The average Bonchev–Trinajstić information content (AvgIpc) is 2.81. The lowest BCUT2D eigenvalue weighted by atomic mass is 10.2. The molecule has 4 nitrogen and oxygen atoms in total. The van der Waals surface area contributed by atoms with Crippen LogP contribution in [0.3, 0.4) is 0 Å². The highest BCUT2D eigenvalue weighted by atomic mass is 35.5. The highest BCUT2D eigenvalue weighted by Crippen LogP contribution is 2.28.